The molecular weight excluding hydrogens is 524 g/mol. The van der Waals surface area contributed by atoms with Crippen molar-refractivity contribution in [2.24, 2.45) is 0 Å². The van der Waals surface area contributed by atoms with Crippen molar-refractivity contribution in [2.75, 3.05) is 37.7 Å². The second-order valence-electron chi connectivity index (χ2n) is 12.8. The van der Waals surface area contributed by atoms with E-state index in [0.29, 0.717) is 39.5 Å². The van der Waals surface area contributed by atoms with E-state index >= 15 is 0 Å². The molecule has 1 fully saturated rings. The molecule has 218 valence electrons. The highest BCUT2D eigenvalue weighted by Crippen LogP contribution is 2.32. The molecule has 40 heavy (non-hydrogen) atoms. The van der Waals surface area contributed by atoms with Crippen LogP contribution < -0.4 is 9.64 Å². The lowest BCUT2D eigenvalue weighted by Crippen LogP contribution is -2.50. The van der Waals surface area contributed by atoms with Gasteiger partial charge in [-0.2, -0.15) is 5.10 Å². The lowest BCUT2D eigenvalue weighted by molar-refractivity contribution is 0.0240. The molecule has 0 bridgehead atoms. The van der Waals surface area contributed by atoms with Crippen LogP contribution >= 0.6 is 0 Å². The fourth-order valence-electron chi connectivity index (χ4n) is 4.44. The molecule has 3 heterocycles. The summed E-state index contributed by atoms with van der Waals surface area (Å²) in [6.07, 6.45) is 1.37. The van der Waals surface area contributed by atoms with Gasteiger partial charge in [-0.25, -0.2) is 19.4 Å². The van der Waals surface area contributed by atoms with Gasteiger partial charge in [-0.15, -0.1) is 0 Å². The molecule has 1 aliphatic heterocycles. The van der Waals surface area contributed by atoms with Gasteiger partial charge in [0.25, 0.3) is 0 Å². The van der Waals surface area contributed by atoms with Gasteiger partial charge >= 0.3 is 6.09 Å². The van der Waals surface area contributed by atoms with Crippen LogP contribution in [0.3, 0.4) is 0 Å². The topological polar surface area (TPSA) is 94.8 Å². The molecular formula is C29H44N6O4Si. The van der Waals surface area contributed by atoms with Crippen LogP contribution in [0, 0.1) is 0 Å². The SMILES string of the molecule is CC(C)Oc1ccc2nn(COCC[Si](C)(C)C)c(-c3cc(N4CCN(C(=O)OC(C)(C)C)CC4)ncn3)c2c1. The second-order valence-corrected chi connectivity index (χ2v) is 18.4. The molecule has 3 aromatic rings. The molecule has 1 aliphatic rings. The van der Waals surface area contributed by atoms with E-state index in [1.807, 2.05) is 63.6 Å². The fraction of sp³-hybridized carbons (Fsp3) is 0.586. The summed E-state index contributed by atoms with van der Waals surface area (Å²) in [6.45, 7) is 20.2. The van der Waals surface area contributed by atoms with Gasteiger partial charge in [0.15, 0.2) is 0 Å². The number of amides is 1. The molecule has 0 aliphatic carbocycles. The summed E-state index contributed by atoms with van der Waals surface area (Å²) in [4.78, 5) is 25.7. The standard InChI is InChI=1S/C29H44N6O4Si/c1-21(2)38-22-9-10-24-23(17-22)27(35(32-24)20-37-15-16-40(6,7)8)25-18-26(31-19-30-25)33-11-13-34(14-12-33)28(36)39-29(3,4)5/h9-10,17-19,21H,11-16,20H2,1-8H3. The molecule has 2 aromatic heterocycles. The van der Waals surface area contributed by atoms with E-state index in [1.165, 1.54) is 0 Å². The molecule has 10 nitrogen and oxygen atoms in total. The van der Waals surface area contributed by atoms with Gasteiger partial charge in [-0.05, 0) is 58.9 Å². The Morgan fingerprint density at radius 3 is 2.42 bits per heavy atom. The molecule has 0 radical (unpaired) electrons. The summed E-state index contributed by atoms with van der Waals surface area (Å²) in [7, 11) is -1.21. The maximum Gasteiger partial charge on any atom is 0.410 e. The van der Waals surface area contributed by atoms with Crippen molar-refractivity contribution in [3.05, 3.63) is 30.6 Å². The highest BCUT2D eigenvalue weighted by Gasteiger charge is 2.27. The van der Waals surface area contributed by atoms with Crippen molar-refractivity contribution in [1.29, 1.82) is 0 Å². The first kappa shape index (κ1) is 29.8. The number of carbonyl (C=O) groups excluding carboxylic acids is 1. The summed E-state index contributed by atoms with van der Waals surface area (Å²) in [5.41, 5.74) is 1.97. The third-order valence-electron chi connectivity index (χ3n) is 6.44. The van der Waals surface area contributed by atoms with Gasteiger partial charge in [-0.1, -0.05) is 19.6 Å². The Morgan fingerprint density at radius 2 is 1.77 bits per heavy atom. The predicted octanol–water partition coefficient (Wildman–Crippen LogP) is 5.65. The fourth-order valence-corrected chi connectivity index (χ4v) is 5.20. The van der Waals surface area contributed by atoms with Crippen molar-refractivity contribution in [2.45, 2.75) is 78.7 Å². The number of piperazine rings is 1. The smallest absolute Gasteiger partial charge is 0.410 e. The average molecular weight is 569 g/mol. The van der Waals surface area contributed by atoms with Crippen LogP contribution in [0.15, 0.2) is 30.6 Å². The van der Waals surface area contributed by atoms with Crippen LogP contribution in [0.1, 0.15) is 34.6 Å². The zero-order chi connectivity index (χ0) is 29.1. The third kappa shape index (κ3) is 7.94. The summed E-state index contributed by atoms with van der Waals surface area (Å²) in [5, 5.41) is 5.81. The molecule has 0 atom stereocenters. The van der Waals surface area contributed by atoms with Gasteiger partial charge in [0, 0.05) is 52.3 Å². The number of fused-ring (bicyclic) bond motifs is 1. The Hall–Kier alpha value is -3.18. The number of hydrogen-bond donors (Lipinski definition) is 0. The average Bonchev–Trinajstić information content (AvgIpc) is 3.22. The second kappa shape index (κ2) is 12.1. The quantitative estimate of drug-likeness (QED) is 0.241. The molecule has 0 unspecified atom stereocenters. The number of nitrogens with zero attached hydrogens (tertiary/aromatic N) is 6. The number of hydrogen-bond acceptors (Lipinski definition) is 8. The number of benzene rings is 1. The van der Waals surface area contributed by atoms with Crippen molar-refractivity contribution >= 4 is 30.9 Å². The Balaban J connectivity index is 1.59. The van der Waals surface area contributed by atoms with Crippen LogP contribution in [0.25, 0.3) is 22.3 Å². The molecule has 0 saturated carbocycles. The summed E-state index contributed by atoms with van der Waals surface area (Å²) < 4.78 is 19.5. The van der Waals surface area contributed by atoms with Gasteiger partial charge in [-0.3, -0.25) is 0 Å². The summed E-state index contributed by atoms with van der Waals surface area (Å²) in [6, 6.07) is 9.03. The number of aromatic nitrogens is 4. The van der Waals surface area contributed by atoms with Crippen LogP contribution in [0.4, 0.5) is 10.6 Å². The van der Waals surface area contributed by atoms with Gasteiger partial charge < -0.3 is 24.0 Å². The highest BCUT2D eigenvalue weighted by atomic mass is 28.3. The molecule has 11 heteroatoms. The Bertz CT molecular complexity index is 1310. The van der Waals surface area contributed by atoms with Crippen molar-refractivity contribution in [1.82, 2.24) is 24.6 Å². The van der Waals surface area contributed by atoms with Crippen molar-refractivity contribution in [3.63, 3.8) is 0 Å². The van der Waals surface area contributed by atoms with Gasteiger partial charge in [0.1, 0.15) is 30.2 Å². The number of rotatable bonds is 9. The Labute approximate surface area is 238 Å². The van der Waals surface area contributed by atoms with Crippen LogP contribution in [-0.4, -0.2) is 83.3 Å². The van der Waals surface area contributed by atoms with E-state index in [1.54, 1.807) is 11.2 Å². The highest BCUT2D eigenvalue weighted by molar-refractivity contribution is 6.76. The first-order valence-corrected chi connectivity index (χ1v) is 17.8. The molecule has 0 spiro atoms. The summed E-state index contributed by atoms with van der Waals surface area (Å²) in [5.74, 6) is 1.60. The lowest BCUT2D eigenvalue weighted by atomic mass is 10.1. The predicted molar refractivity (Wildman–Crippen MR) is 161 cm³/mol. The van der Waals surface area contributed by atoms with Crippen molar-refractivity contribution in [3.8, 4) is 17.1 Å². The van der Waals surface area contributed by atoms with E-state index in [0.717, 1.165) is 39.9 Å². The molecule has 1 aromatic carbocycles. The van der Waals surface area contributed by atoms with Crippen molar-refractivity contribution < 1.29 is 19.0 Å². The maximum atomic E-state index is 12.5. The minimum Gasteiger partial charge on any atom is -0.491 e. The van der Waals surface area contributed by atoms with Gasteiger partial charge in [0.2, 0.25) is 0 Å². The minimum absolute atomic E-state index is 0.0610. The van der Waals surface area contributed by atoms with E-state index in [9.17, 15) is 4.79 Å². The number of carbonyl (C=O) groups is 1. The zero-order valence-electron chi connectivity index (χ0n) is 25.2. The van der Waals surface area contributed by atoms with E-state index in [-0.39, 0.29) is 12.2 Å². The maximum absolute atomic E-state index is 12.5. The van der Waals surface area contributed by atoms with Crippen LogP contribution in [0.5, 0.6) is 5.75 Å². The largest absolute Gasteiger partial charge is 0.491 e. The van der Waals surface area contributed by atoms with Crippen LogP contribution in [-0.2, 0) is 16.2 Å². The Morgan fingerprint density at radius 1 is 1.05 bits per heavy atom. The van der Waals surface area contributed by atoms with E-state index < -0.39 is 13.7 Å². The first-order chi connectivity index (χ1) is 18.8. The van der Waals surface area contributed by atoms with E-state index in [2.05, 4.69) is 34.5 Å². The molecule has 4 rings (SSSR count). The summed E-state index contributed by atoms with van der Waals surface area (Å²) >= 11 is 0. The zero-order valence-corrected chi connectivity index (χ0v) is 26.2. The molecule has 0 N–H and O–H groups in total. The lowest BCUT2D eigenvalue weighted by Gasteiger charge is -2.36. The molecule has 1 saturated heterocycles. The first-order valence-electron chi connectivity index (χ1n) is 14.1. The monoisotopic (exact) mass is 568 g/mol. The minimum atomic E-state index is -1.21. The Kier molecular flexibility index (Phi) is 9.04. The molecule has 1 amide bonds. The number of ether oxygens (including phenoxy) is 3. The van der Waals surface area contributed by atoms with E-state index in [4.69, 9.17) is 19.3 Å². The third-order valence-corrected chi connectivity index (χ3v) is 8.15. The van der Waals surface area contributed by atoms with Gasteiger partial charge in [0.05, 0.1) is 23.0 Å². The van der Waals surface area contributed by atoms with Crippen LogP contribution in [0.2, 0.25) is 25.7 Å². The number of anilines is 1. The normalized spacial score (nSPS) is 14.7.